The van der Waals surface area contributed by atoms with E-state index in [9.17, 15) is 0 Å². The van der Waals surface area contributed by atoms with Crippen LogP contribution < -0.4 is 4.74 Å². The third-order valence-corrected chi connectivity index (χ3v) is 3.60. The first-order chi connectivity index (χ1) is 8.00. The van der Waals surface area contributed by atoms with Gasteiger partial charge in [-0.2, -0.15) is 0 Å². The Hall–Kier alpha value is -0.250. The molecule has 0 unspecified atom stereocenters. The summed E-state index contributed by atoms with van der Waals surface area (Å²) in [6.07, 6.45) is 0.816. The normalized spacial score (nSPS) is 11.6. The quantitative estimate of drug-likeness (QED) is 0.722. The fourth-order valence-electron chi connectivity index (χ4n) is 1.32. The molecule has 0 amide bonds. The van der Waals surface area contributed by atoms with Gasteiger partial charge in [-0.25, -0.2) is 0 Å². The van der Waals surface area contributed by atoms with E-state index in [1.807, 2.05) is 32.0 Å². The lowest BCUT2D eigenvalue weighted by Crippen LogP contribution is -2.25. The molecule has 0 N–H and O–H groups in total. The van der Waals surface area contributed by atoms with Gasteiger partial charge in [-0.05, 0) is 19.9 Å². The van der Waals surface area contributed by atoms with Gasteiger partial charge in [-0.15, -0.1) is 0 Å². The van der Waals surface area contributed by atoms with Crippen molar-refractivity contribution in [3.05, 3.63) is 28.8 Å². The van der Waals surface area contributed by atoms with Crippen LogP contribution in [0.3, 0.4) is 0 Å². The molecule has 0 saturated heterocycles. The van der Waals surface area contributed by atoms with Crippen LogP contribution in [-0.2, 0) is 10.1 Å². The minimum absolute atomic E-state index is 0.171. The molecule has 0 atom stereocenters. The average molecular weight is 322 g/mol. The van der Waals surface area contributed by atoms with Crippen molar-refractivity contribution < 1.29 is 9.47 Å². The van der Waals surface area contributed by atoms with Crippen molar-refractivity contribution in [2.75, 3.05) is 13.7 Å². The molecule has 1 aromatic carbocycles. The molecule has 4 heteroatoms. The highest BCUT2D eigenvalue weighted by Crippen LogP contribution is 2.30. The van der Waals surface area contributed by atoms with Gasteiger partial charge in [-0.3, -0.25) is 0 Å². The smallest absolute Gasteiger partial charge is 0.141 e. The van der Waals surface area contributed by atoms with Crippen molar-refractivity contribution in [3.8, 4) is 5.75 Å². The van der Waals surface area contributed by atoms with Crippen molar-refractivity contribution in [1.29, 1.82) is 0 Å². The molecule has 0 saturated carbocycles. The maximum absolute atomic E-state index is 6.11. The van der Waals surface area contributed by atoms with Crippen LogP contribution in [-0.4, -0.2) is 19.3 Å². The van der Waals surface area contributed by atoms with Gasteiger partial charge in [0.25, 0.3) is 0 Å². The second-order valence-electron chi connectivity index (χ2n) is 4.42. The molecule has 0 spiro atoms. The fraction of sp³-hybridized carbons (Fsp3) is 0.538. The molecule has 0 aliphatic heterocycles. The molecule has 96 valence electrons. The summed E-state index contributed by atoms with van der Waals surface area (Å²) >= 11 is 9.54. The Morgan fingerprint density at radius 3 is 2.65 bits per heavy atom. The molecule has 0 fully saturated rings. The third kappa shape index (κ3) is 4.49. The summed E-state index contributed by atoms with van der Waals surface area (Å²) in [4.78, 5) is 0. The summed E-state index contributed by atoms with van der Waals surface area (Å²) in [7, 11) is 1.71. The van der Waals surface area contributed by atoms with Crippen LogP contribution in [0.4, 0.5) is 0 Å². The number of alkyl halides is 1. The zero-order valence-corrected chi connectivity index (χ0v) is 12.8. The highest BCUT2D eigenvalue weighted by atomic mass is 79.9. The second-order valence-corrected chi connectivity index (χ2v) is 5.39. The summed E-state index contributed by atoms with van der Waals surface area (Å²) in [6.45, 7) is 4.66. The van der Waals surface area contributed by atoms with Crippen molar-refractivity contribution in [2.45, 2.75) is 31.2 Å². The van der Waals surface area contributed by atoms with Gasteiger partial charge < -0.3 is 9.47 Å². The fourth-order valence-corrected chi connectivity index (χ4v) is 2.01. The summed E-state index contributed by atoms with van der Waals surface area (Å²) in [5, 5.41) is 1.38. The maximum Gasteiger partial charge on any atom is 0.141 e. The van der Waals surface area contributed by atoms with Gasteiger partial charge in [-0.1, -0.05) is 39.7 Å². The summed E-state index contributed by atoms with van der Waals surface area (Å²) in [5.74, 6) is 0.762. The molecular formula is C13H18BrClO2. The van der Waals surface area contributed by atoms with Crippen molar-refractivity contribution >= 4 is 27.5 Å². The van der Waals surface area contributed by atoms with Gasteiger partial charge in [0, 0.05) is 24.4 Å². The van der Waals surface area contributed by atoms with Crippen LogP contribution >= 0.6 is 27.5 Å². The number of methoxy groups -OCH3 is 1. The molecule has 0 heterocycles. The zero-order chi connectivity index (χ0) is 12.9. The first kappa shape index (κ1) is 14.8. The van der Waals surface area contributed by atoms with Crippen LogP contribution in [0, 0.1) is 0 Å². The predicted molar refractivity (Wildman–Crippen MR) is 75.3 cm³/mol. The van der Waals surface area contributed by atoms with Crippen molar-refractivity contribution in [3.63, 3.8) is 0 Å². The van der Waals surface area contributed by atoms with Gasteiger partial charge in [0.2, 0.25) is 0 Å². The lowest BCUT2D eigenvalue weighted by molar-refractivity contribution is 0.00540. The molecular weight excluding hydrogens is 303 g/mol. The lowest BCUT2D eigenvalue weighted by Gasteiger charge is -2.23. The molecule has 0 aromatic heterocycles. The van der Waals surface area contributed by atoms with E-state index >= 15 is 0 Å². The standard InChI is InChI=1S/C13H18BrClO2/c1-13(2,16-3)7-8-17-12-10(9-14)5-4-6-11(12)15/h4-6H,7-9H2,1-3H3. The van der Waals surface area contributed by atoms with E-state index in [-0.39, 0.29) is 5.60 Å². The molecule has 0 radical (unpaired) electrons. The Balaban J connectivity index is 2.63. The van der Waals surface area contributed by atoms with Crippen molar-refractivity contribution in [2.24, 2.45) is 0 Å². The Bertz CT molecular complexity index is 366. The minimum atomic E-state index is -0.171. The number of halogens is 2. The van der Waals surface area contributed by atoms with Crippen LogP contribution in [0.1, 0.15) is 25.8 Å². The Kier molecular flexibility index (Phi) is 5.77. The van der Waals surface area contributed by atoms with E-state index in [1.54, 1.807) is 7.11 Å². The van der Waals surface area contributed by atoms with Crippen LogP contribution in [0.15, 0.2) is 18.2 Å². The first-order valence-corrected chi connectivity index (χ1v) is 7.01. The third-order valence-electron chi connectivity index (χ3n) is 2.70. The summed E-state index contributed by atoms with van der Waals surface area (Å²) < 4.78 is 11.1. The molecule has 1 rings (SSSR count). The van der Waals surface area contributed by atoms with E-state index in [0.29, 0.717) is 11.6 Å². The van der Waals surface area contributed by atoms with E-state index in [0.717, 1.165) is 23.1 Å². The lowest BCUT2D eigenvalue weighted by atomic mass is 10.1. The monoisotopic (exact) mass is 320 g/mol. The highest BCUT2D eigenvalue weighted by Gasteiger charge is 2.17. The number of hydrogen-bond acceptors (Lipinski definition) is 2. The van der Waals surface area contributed by atoms with E-state index < -0.39 is 0 Å². The second kappa shape index (κ2) is 6.62. The summed E-state index contributed by atoms with van der Waals surface area (Å²) in [6, 6.07) is 5.76. The van der Waals surface area contributed by atoms with Crippen LogP contribution in [0.5, 0.6) is 5.75 Å². The van der Waals surface area contributed by atoms with Gasteiger partial charge >= 0.3 is 0 Å². The number of ether oxygens (including phenoxy) is 2. The van der Waals surface area contributed by atoms with E-state index in [1.165, 1.54) is 0 Å². The Morgan fingerprint density at radius 1 is 1.35 bits per heavy atom. The summed E-state index contributed by atoms with van der Waals surface area (Å²) in [5.41, 5.74) is 0.892. The van der Waals surface area contributed by atoms with Crippen LogP contribution in [0.2, 0.25) is 5.02 Å². The first-order valence-electron chi connectivity index (χ1n) is 5.51. The molecule has 0 aliphatic carbocycles. The number of hydrogen-bond donors (Lipinski definition) is 0. The largest absolute Gasteiger partial charge is 0.492 e. The molecule has 2 nitrogen and oxygen atoms in total. The molecule has 17 heavy (non-hydrogen) atoms. The average Bonchev–Trinajstić information content (AvgIpc) is 2.31. The molecule has 1 aromatic rings. The highest BCUT2D eigenvalue weighted by molar-refractivity contribution is 9.08. The Morgan fingerprint density at radius 2 is 2.06 bits per heavy atom. The molecule has 0 bridgehead atoms. The molecule has 0 aliphatic rings. The topological polar surface area (TPSA) is 18.5 Å². The van der Waals surface area contributed by atoms with E-state index in [4.69, 9.17) is 21.1 Å². The van der Waals surface area contributed by atoms with Crippen LogP contribution in [0.25, 0.3) is 0 Å². The maximum atomic E-state index is 6.11. The van der Waals surface area contributed by atoms with E-state index in [2.05, 4.69) is 15.9 Å². The number of rotatable bonds is 6. The minimum Gasteiger partial charge on any atom is -0.492 e. The number of benzene rings is 1. The number of para-hydroxylation sites is 1. The predicted octanol–water partition coefficient (Wildman–Crippen LogP) is 4.43. The van der Waals surface area contributed by atoms with Crippen molar-refractivity contribution in [1.82, 2.24) is 0 Å². The SMILES string of the molecule is COC(C)(C)CCOc1c(Cl)cccc1CBr. The van der Waals surface area contributed by atoms with Gasteiger partial charge in [0.15, 0.2) is 0 Å². The van der Waals surface area contributed by atoms with Gasteiger partial charge in [0.1, 0.15) is 5.75 Å². The Labute approximate surface area is 116 Å². The zero-order valence-electron chi connectivity index (χ0n) is 10.4. The van der Waals surface area contributed by atoms with Gasteiger partial charge in [0.05, 0.1) is 17.2 Å².